The van der Waals surface area contributed by atoms with Crippen molar-refractivity contribution in [1.29, 1.82) is 5.26 Å². The Hall–Kier alpha value is -4.80. The van der Waals surface area contributed by atoms with Crippen LogP contribution in [-0.2, 0) is 11.3 Å². The number of halogens is 1. The van der Waals surface area contributed by atoms with Crippen molar-refractivity contribution in [3.8, 4) is 23.2 Å². The lowest BCUT2D eigenvalue weighted by molar-refractivity contribution is -0.131. The van der Waals surface area contributed by atoms with E-state index in [2.05, 4.69) is 37.7 Å². The fourth-order valence-corrected chi connectivity index (χ4v) is 6.00. The average Bonchev–Trinajstić information content (AvgIpc) is 3.52. The molecule has 240 valence electrons. The molecular formula is C33H39FN10O2. The van der Waals surface area contributed by atoms with Gasteiger partial charge in [0.25, 0.3) is 0 Å². The van der Waals surface area contributed by atoms with E-state index in [1.165, 1.54) is 5.56 Å². The second kappa shape index (κ2) is 14.5. The van der Waals surface area contributed by atoms with Gasteiger partial charge in [-0.3, -0.25) is 9.69 Å². The fraction of sp³-hybridized carbons (Fsp3) is 0.424. The summed E-state index contributed by atoms with van der Waals surface area (Å²) in [4.78, 5) is 27.8. The summed E-state index contributed by atoms with van der Waals surface area (Å²) < 4.78 is 23.8. The van der Waals surface area contributed by atoms with Gasteiger partial charge in [-0.25, -0.2) is 14.5 Å². The van der Waals surface area contributed by atoms with Crippen LogP contribution in [-0.4, -0.2) is 101 Å². The molecule has 1 amide bonds. The van der Waals surface area contributed by atoms with Crippen LogP contribution in [0.4, 0.5) is 16.0 Å². The fourth-order valence-electron chi connectivity index (χ4n) is 6.00. The average molecular weight is 627 g/mol. The zero-order chi connectivity index (χ0) is 31.9. The molecule has 0 spiro atoms. The van der Waals surface area contributed by atoms with E-state index < -0.39 is 5.82 Å². The monoisotopic (exact) mass is 626 g/mol. The van der Waals surface area contributed by atoms with E-state index in [0.29, 0.717) is 44.2 Å². The van der Waals surface area contributed by atoms with E-state index in [9.17, 15) is 4.79 Å². The van der Waals surface area contributed by atoms with Crippen LogP contribution in [0.25, 0.3) is 16.9 Å². The Morgan fingerprint density at radius 3 is 2.72 bits per heavy atom. The molecule has 0 bridgehead atoms. The number of carbonyl (C=O) groups is 1. The van der Waals surface area contributed by atoms with Crippen molar-refractivity contribution in [3.63, 3.8) is 0 Å². The van der Waals surface area contributed by atoms with E-state index >= 15 is 4.39 Å². The number of carbonyl (C=O) groups excluding carboxylic acids is 1. The smallest absolute Gasteiger partial charge is 0.236 e. The molecule has 2 aliphatic rings. The summed E-state index contributed by atoms with van der Waals surface area (Å²) in [6.07, 6.45) is 4.89. The predicted molar refractivity (Wildman–Crippen MR) is 173 cm³/mol. The van der Waals surface area contributed by atoms with Crippen LogP contribution in [0, 0.1) is 17.1 Å². The maximum absolute atomic E-state index is 16.3. The summed E-state index contributed by atoms with van der Waals surface area (Å²) in [6.45, 7) is 5.87. The number of likely N-dealkylation sites (tertiary alicyclic amines) is 1. The number of ether oxygens (including phenoxy) is 1. The van der Waals surface area contributed by atoms with E-state index in [1.807, 2.05) is 54.5 Å². The first-order valence-electron chi connectivity index (χ1n) is 15.8. The summed E-state index contributed by atoms with van der Waals surface area (Å²) >= 11 is 0. The van der Waals surface area contributed by atoms with Gasteiger partial charge in [0.15, 0.2) is 17.5 Å². The third-order valence-electron chi connectivity index (χ3n) is 8.47. The number of piperidine rings is 1. The first kappa shape index (κ1) is 31.2. The lowest BCUT2D eigenvalue weighted by atomic mass is 10.1. The molecule has 2 aliphatic heterocycles. The first-order valence-corrected chi connectivity index (χ1v) is 15.8. The van der Waals surface area contributed by atoms with E-state index in [-0.39, 0.29) is 30.0 Å². The molecule has 12 nitrogen and oxygen atoms in total. The second-order valence-corrected chi connectivity index (χ2v) is 11.6. The number of nitrogens with one attached hydrogen (secondary N) is 2. The largest absolute Gasteiger partial charge is 0.492 e. The molecule has 6 rings (SSSR count). The Balaban J connectivity index is 1.20. The molecule has 5 heterocycles. The predicted octanol–water partition coefficient (Wildman–Crippen LogP) is 3.17. The van der Waals surface area contributed by atoms with Crippen LogP contribution in [0.1, 0.15) is 24.8 Å². The van der Waals surface area contributed by atoms with Gasteiger partial charge in [0.1, 0.15) is 18.8 Å². The summed E-state index contributed by atoms with van der Waals surface area (Å²) in [5.74, 6) is 0.865. The zero-order valence-electron chi connectivity index (χ0n) is 26.0. The topological polar surface area (TPSA) is 127 Å². The van der Waals surface area contributed by atoms with Gasteiger partial charge in [-0.1, -0.05) is 18.2 Å². The number of pyridine rings is 1. The van der Waals surface area contributed by atoms with E-state index in [1.54, 1.807) is 15.6 Å². The van der Waals surface area contributed by atoms with Gasteiger partial charge in [-0.15, -0.1) is 0 Å². The number of hydrogen-bond donors (Lipinski definition) is 2. The SMILES string of the molecule is CNCCOc1ccc(CN2CCN(c3nc(-c4cnn5ccccc45)nc(N[C@@H]4CCCN(C(=O)CC#N)C4)c3F)CC2)cc1. The zero-order valence-corrected chi connectivity index (χ0v) is 26.0. The van der Waals surface area contributed by atoms with Crippen LogP contribution >= 0.6 is 0 Å². The van der Waals surface area contributed by atoms with E-state index in [0.717, 1.165) is 50.3 Å². The molecule has 1 atom stereocenters. The number of nitrogens with zero attached hydrogens (tertiary/aromatic N) is 8. The Kier molecular flexibility index (Phi) is 9.85. The molecule has 0 saturated carbocycles. The molecule has 2 N–H and O–H groups in total. The van der Waals surface area contributed by atoms with Gasteiger partial charge >= 0.3 is 0 Å². The highest BCUT2D eigenvalue weighted by atomic mass is 19.1. The Labute approximate surface area is 267 Å². The van der Waals surface area contributed by atoms with Crippen molar-refractivity contribution >= 4 is 23.1 Å². The Bertz CT molecular complexity index is 1680. The standard InChI is InChI=1S/C33H39FN10O2/c1-36-13-20-46-26-9-7-24(8-10-26)22-41-16-18-42(19-17-41)33-30(34)32(38-25-5-4-14-43(23-25)29(45)11-12-35)39-31(40-33)27-21-37-44-15-3-2-6-28(27)44/h2-3,6-10,15,21,25,36H,4-5,11,13-14,16-20,22-23H2,1H3,(H,38,39,40)/t25-/m1/s1. The highest BCUT2D eigenvalue weighted by Gasteiger charge is 2.29. The Morgan fingerprint density at radius 2 is 1.93 bits per heavy atom. The molecule has 13 heteroatoms. The molecule has 0 unspecified atom stereocenters. The number of anilines is 2. The van der Waals surface area contributed by atoms with Gasteiger partial charge in [-0.05, 0) is 49.7 Å². The number of amides is 1. The minimum atomic E-state index is -0.511. The molecule has 46 heavy (non-hydrogen) atoms. The Morgan fingerprint density at radius 1 is 1.11 bits per heavy atom. The van der Waals surface area contributed by atoms with Crippen LogP contribution in [0.15, 0.2) is 54.9 Å². The highest BCUT2D eigenvalue weighted by molar-refractivity contribution is 5.79. The van der Waals surface area contributed by atoms with Crippen LogP contribution in [0.2, 0.25) is 0 Å². The number of rotatable bonds is 11. The second-order valence-electron chi connectivity index (χ2n) is 11.6. The van der Waals surface area contributed by atoms with Crippen molar-refractivity contribution in [2.45, 2.75) is 31.8 Å². The molecule has 1 aromatic carbocycles. The minimum absolute atomic E-state index is 0.106. The lowest BCUT2D eigenvalue weighted by Gasteiger charge is -2.36. The maximum atomic E-state index is 16.3. The van der Waals surface area contributed by atoms with Crippen LogP contribution in [0.3, 0.4) is 0 Å². The van der Waals surface area contributed by atoms with Crippen molar-refractivity contribution < 1.29 is 13.9 Å². The lowest BCUT2D eigenvalue weighted by Crippen LogP contribution is -2.47. The summed E-state index contributed by atoms with van der Waals surface area (Å²) in [5.41, 5.74) is 2.72. The van der Waals surface area contributed by atoms with Gasteiger partial charge in [0.2, 0.25) is 11.7 Å². The molecule has 3 aromatic heterocycles. The van der Waals surface area contributed by atoms with Crippen LogP contribution < -0.4 is 20.3 Å². The van der Waals surface area contributed by atoms with Gasteiger partial charge in [-0.2, -0.15) is 14.8 Å². The van der Waals surface area contributed by atoms with Crippen molar-refractivity contribution in [2.24, 2.45) is 0 Å². The van der Waals surface area contributed by atoms with Crippen molar-refractivity contribution in [2.75, 3.05) is 69.7 Å². The van der Waals surface area contributed by atoms with Crippen molar-refractivity contribution in [3.05, 3.63) is 66.2 Å². The summed E-state index contributed by atoms with van der Waals surface area (Å²) in [5, 5.41) is 19.8. The number of likely N-dealkylation sites (N-methyl/N-ethyl adjacent to an activating group) is 1. The number of aromatic nitrogens is 4. The molecule has 0 aliphatic carbocycles. The molecule has 4 aromatic rings. The van der Waals surface area contributed by atoms with Gasteiger partial charge < -0.3 is 25.2 Å². The minimum Gasteiger partial charge on any atom is -0.492 e. The quantitative estimate of drug-likeness (QED) is 0.240. The van der Waals surface area contributed by atoms with Gasteiger partial charge in [0.05, 0.1) is 23.3 Å². The maximum Gasteiger partial charge on any atom is 0.236 e. The number of nitriles is 1. The first-order chi connectivity index (χ1) is 22.5. The van der Waals surface area contributed by atoms with E-state index in [4.69, 9.17) is 15.0 Å². The number of fused-ring (bicyclic) bond motifs is 1. The normalized spacial score (nSPS) is 17.2. The molecule has 0 radical (unpaired) electrons. The van der Waals surface area contributed by atoms with Crippen LogP contribution in [0.5, 0.6) is 5.75 Å². The third-order valence-corrected chi connectivity index (χ3v) is 8.47. The number of benzene rings is 1. The molecule has 2 saturated heterocycles. The summed E-state index contributed by atoms with van der Waals surface area (Å²) in [7, 11) is 1.90. The summed E-state index contributed by atoms with van der Waals surface area (Å²) in [6, 6.07) is 15.6. The van der Waals surface area contributed by atoms with Gasteiger partial charge in [0, 0.05) is 64.6 Å². The molecular weight excluding hydrogens is 587 g/mol. The third kappa shape index (κ3) is 7.19. The highest BCUT2D eigenvalue weighted by Crippen LogP contribution is 2.31. The van der Waals surface area contributed by atoms with Crippen molar-refractivity contribution in [1.82, 2.24) is 34.7 Å². The number of hydrogen-bond acceptors (Lipinski definition) is 10. The molecule has 2 fully saturated rings. The number of piperazine rings is 1.